The quantitative estimate of drug-likeness (QED) is 0.0386. The van der Waals surface area contributed by atoms with Crippen LogP contribution < -0.4 is 0 Å². The fraction of sp³-hybridized carbons (Fsp3) is 0.787. The molecule has 1 atom stereocenters. The molecule has 52 heavy (non-hydrogen) atoms. The number of allylic oxidation sites excluding steroid dienone is 8. The largest absolute Gasteiger partial charge is 0.462 e. The van der Waals surface area contributed by atoms with Crippen LogP contribution in [0.5, 0.6) is 0 Å². The van der Waals surface area contributed by atoms with Gasteiger partial charge >= 0.3 is 11.9 Å². The molecule has 0 radical (unpaired) electrons. The van der Waals surface area contributed by atoms with Crippen LogP contribution in [-0.2, 0) is 19.1 Å². The van der Waals surface area contributed by atoms with Gasteiger partial charge in [-0.3, -0.25) is 9.59 Å². The predicted molar refractivity (Wildman–Crippen MR) is 224 cm³/mol. The number of carbonyl (C=O) groups is 2. The Morgan fingerprint density at radius 3 is 1.25 bits per heavy atom. The molecule has 5 nitrogen and oxygen atoms in total. The average molecular weight is 729 g/mol. The van der Waals surface area contributed by atoms with Gasteiger partial charge in [-0.1, -0.05) is 204 Å². The molecule has 5 heteroatoms. The van der Waals surface area contributed by atoms with Gasteiger partial charge in [-0.2, -0.15) is 0 Å². The Labute approximate surface area is 322 Å². The summed E-state index contributed by atoms with van der Waals surface area (Å²) >= 11 is 0. The van der Waals surface area contributed by atoms with E-state index in [9.17, 15) is 14.7 Å². The molecule has 0 fully saturated rings. The van der Waals surface area contributed by atoms with Gasteiger partial charge < -0.3 is 14.6 Å². The molecule has 0 aromatic rings. The van der Waals surface area contributed by atoms with E-state index in [-0.39, 0.29) is 25.2 Å². The monoisotopic (exact) mass is 729 g/mol. The molecule has 0 aromatic carbocycles. The van der Waals surface area contributed by atoms with Crippen molar-refractivity contribution in [3.8, 4) is 0 Å². The van der Waals surface area contributed by atoms with Gasteiger partial charge in [-0.15, -0.1) is 0 Å². The minimum Gasteiger partial charge on any atom is -0.462 e. The summed E-state index contributed by atoms with van der Waals surface area (Å²) in [5.74, 6) is -0.612. The van der Waals surface area contributed by atoms with Gasteiger partial charge in [0.25, 0.3) is 0 Å². The van der Waals surface area contributed by atoms with Crippen LogP contribution in [0.1, 0.15) is 219 Å². The fourth-order valence-corrected chi connectivity index (χ4v) is 6.31. The van der Waals surface area contributed by atoms with Crippen LogP contribution in [-0.4, -0.2) is 36.4 Å². The van der Waals surface area contributed by atoms with Crippen molar-refractivity contribution in [3.05, 3.63) is 48.6 Å². The van der Waals surface area contributed by atoms with Crippen LogP contribution in [0.2, 0.25) is 0 Å². The first-order valence-electron chi connectivity index (χ1n) is 22.2. The van der Waals surface area contributed by atoms with E-state index in [2.05, 4.69) is 62.5 Å². The predicted octanol–water partition coefficient (Wildman–Crippen LogP) is 14.2. The molecule has 302 valence electrons. The van der Waals surface area contributed by atoms with Gasteiger partial charge in [-0.05, 0) is 51.4 Å². The summed E-state index contributed by atoms with van der Waals surface area (Å²) in [4.78, 5) is 24.3. The number of esters is 2. The maximum atomic E-state index is 12.2. The Bertz CT molecular complexity index is 873. The fourth-order valence-electron chi connectivity index (χ4n) is 6.31. The zero-order valence-corrected chi connectivity index (χ0v) is 34.3. The molecular formula is C47H84O5. The molecule has 0 bridgehead atoms. The first-order valence-corrected chi connectivity index (χ1v) is 22.2. The van der Waals surface area contributed by atoms with Crippen molar-refractivity contribution in [2.75, 3.05) is 13.2 Å². The van der Waals surface area contributed by atoms with Crippen LogP contribution >= 0.6 is 0 Å². The maximum Gasteiger partial charge on any atom is 0.306 e. The highest BCUT2D eigenvalue weighted by Crippen LogP contribution is 2.16. The molecule has 1 N–H and O–H groups in total. The van der Waals surface area contributed by atoms with E-state index < -0.39 is 6.10 Å². The second kappa shape index (κ2) is 43.3. The van der Waals surface area contributed by atoms with E-state index in [4.69, 9.17) is 9.47 Å². The zero-order valence-electron chi connectivity index (χ0n) is 34.3. The minimum atomic E-state index is -0.783. The standard InChI is InChI=1S/C47H84O5/c1-3-5-7-9-11-13-15-17-19-21-22-23-24-26-27-29-31-33-35-37-39-41-46(49)51-44-45(43-48)52-47(50)42-40-38-36-34-32-30-28-25-20-18-16-14-12-10-8-6-4-2/h6,8,12,14,18,20,28,30,45,48H,3-5,7,9-11,13,15-17,19,21-27,29,31-44H2,1-2H3. The molecule has 1 unspecified atom stereocenters. The minimum absolute atomic E-state index is 0.0742. The van der Waals surface area contributed by atoms with Gasteiger partial charge in [0.1, 0.15) is 6.61 Å². The van der Waals surface area contributed by atoms with Crippen molar-refractivity contribution in [1.29, 1.82) is 0 Å². The van der Waals surface area contributed by atoms with Crippen molar-refractivity contribution in [3.63, 3.8) is 0 Å². The lowest BCUT2D eigenvalue weighted by atomic mass is 10.0. The number of aliphatic hydroxyl groups excluding tert-OH is 1. The molecule has 0 saturated heterocycles. The molecule has 0 heterocycles. The van der Waals surface area contributed by atoms with Crippen LogP contribution in [0, 0.1) is 0 Å². The van der Waals surface area contributed by atoms with E-state index in [0.29, 0.717) is 12.8 Å². The van der Waals surface area contributed by atoms with Crippen molar-refractivity contribution in [2.24, 2.45) is 0 Å². The average Bonchev–Trinajstić information content (AvgIpc) is 3.15. The highest BCUT2D eigenvalue weighted by Gasteiger charge is 2.16. The topological polar surface area (TPSA) is 72.8 Å². The van der Waals surface area contributed by atoms with Gasteiger partial charge in [0.2, 0.25) is 0 Å². The highest BCUT2D eigenvalue weighted by molar-refractivity contribution is 5.70. The van der Waals surface area contributed by atoms with Gasteiger partial charge in [-0.25, -0.2) is 0 Å². The second-order valence-corrected chi connectivity index (χ2v) is 14.8. The zero-order chi connectivity index (χ0) is 37.8. The van der Waals surface area contributed by atoms with Crippen LogP contribution in [0.3, 0.4) is 0 Å². The molecule has 0 aliphatic carbocycles. The number of rotatable bonds is 40. The van der Waals surface area contributed by atoms with E-state index in [1.54, 1.807) is 0 Å². The lowest BCUT2D eigenvalue weighted by molar-refractivity contribution is -0.161. The molecular weight excluding hydrogens is 645 g/mol. The number of hydrogen-bond acceptors (Lipinski definition) is 5. The van der Waals surface area contributed by atoms with E-state index in [1.165, 1.54) is 116 Å². The first kappa shape index (κ1) is 49.9. The summed E-state index contributed by atoms with van der Waals surface area (Å²) in [6, 6.07) is 0. The maximum absolute atomic E-state index is 12.2. The Kier molecular flexibility index (Phi) is 41.5. The van der Waals surface area contributed by atoms with E-state index >= 15 is 0 Å². The molecule has 0 spiro atoms. The summed E-state index contributed by atoms with van der Waals surface area (Å²) in [7, 11) is 0. The summed E-state index contributed by atoms with van der Waals surface area (Å²) in [6.45, 7) is 4.02. The molecule has 0 amide bonds. The lowest BCUT2D eigenvalue weighted by Gasteiger charge is -2.15. The van der Waals surface area contributed by atoms with E-state index in [1.807, 2.05) is 0 Å². The lowest BCUT2D eigenvalue weighted by Crippen LogP contribution is -2.28. The van der Waals surface area contributed by atoms with Crippen LogP contribution in [0.4, 0.5) is 0 Å². The number of carbonyl (C=O) groups excluding carboxylic acids is 2. The van der Waals surface area contributed by atoms with Crippen molar-refractivity contribution in [1.82, 2.24) is 0 Å². The van der Waals surface area contributed by atoms with Gasteiger partial charge in [0.05, 0.1) is 6.61 Å². The molecule has 0 rings (SSSR count). The van der Waals surface area contributed by atoms with E-state index in [0.717, 1.165) is 77.0 Å². The number of ether oxygens (including phenoxy) is 2. The Morgan fingerprint density at radius 1 is 0.462 bits per heavy atom. The van der Waals surface area contributed by atoms with Gasteiger partial charge in [0, 0.05) is 12.8 Å². The number of hydrogen-bond donors (Lipinski definition) is 1. The summed E-state index contributed by atoms with van der Waals surface area (Å²) in [5, 5.41) is 9.58. The third kappa shape index (κ3) is 40.6. The Balaban J connectivity index is 3.53. The number of unbranched alkanes of at least 4 members (excludes halogenated alkanes) is 24. The van der Waals surface area contributed by atoms with Crippen molar-refractivity contribution >= 4 is 11.9 Å². The SMILES string of the molecule is CCC=CCC=CCC=CCC=CCCCCCCC(=O)OC(CO)COC(=O)CCCCCCCCCCCCCCCCCCCCCCC. The molecule has 0 aliphatic rings. The van der Waals surface area contributed by atoms with Crippen molar-refractivity contribution < 1.29 is 24.2 Å². The summed E-state index contributed by atoms with van der Waals surface area (Å²) in [6.07, 6.45) is 54.7. The third-order valence-electron chi connectivity index (χ3n) is 9.64. The van der Waals surface area contributed by atoms with Gasteiger partial charge in [0.15, 0.2) is 6.10 Å². The summed E-state index contributed by atoms with van der Waals surface area (Å²) in [5.41, 5.74) is 0. The Hall–Kier alpha value is -2.14. The highest BCUT2D eigenvalue weighted by atomic mass is 16.6. The van der Waals surface area contributed by atoms with Crippen LogP contribution in [0.25, 0.3) is 0 Å². The van der Waals surface area contributed by atoms with Crippen molar-refractivity contribution in [2.45, 2.75) is 225 Å². The molecule has 0 saturated carbocycles. The number of aliphatic hydroxyl groups is 1. The third-order valence-corrected chi connectivity index (χ3v) is 9.64. The first-order chi connectivity index (χ1) is 25.6. The molecule has 0 aromatic heterocycles. The second-order valence-electron chi connectivity index (χ2n) is 14.8. The van der Waals surface area contributed by atoms with Crippen LogP contribution in [0.15, 0.2) is 48.6 Å². The summed E-state index contributed by atoms with van der Waals surface area (Å²) < 4.78 is 10.6. The smallest absolute Gasteiger partial charge is 0.306 e. The molecule has 0 aliphatic heterocycles. The normalized spacial score (nSPS) is 12.6. The Morgan fingerprint density at radius 2 is 0.827 bits per heavy atom.